The van der Waals surface area contributed by atoms with E-state index in [4.69, 9.17) is 0 Å². The van der Waals surface area contributed by atoms with Crippen LogP contribution >= 0.6 is 23.1 Å². The summed E-state index contributed by atoms with van der Waals surface area (Å²) in [6, 6.07) is 0. The second kappa shape index (κ2) is 7.49. The maximum atomic E-state index is 12.6. The van der Waals surface area contributed by atoms with Crippen molar-refractivity contribution < 1.29 is 4.79 Å². The van der Waals surface area contributed by atoms with E-state index in [-0.39, 0.29) is 5.91 Å². The molecule has 124 valence electrons. The first-order valence-electron chi connectivity index (χ1n) is 7.99. The van der Waals surface area contributed by atoms with E-state index in [1.807, 2.05) is 29.7 Å². The number of piperidine rings is 1. The molecule has 1 fully saturated rings. The van der Waals surface area contributed by atoms with Gasteiger partial charge in [0.1, 0.15) is 10.2 Å². The van der Waals surface area contributed by atoms with Gasteiger partial charge in [-0.05, 0) is 18.6 Å². The average molecular weight is 351 g/mol. The topological polar surface area (TPSA) is 51.0 Å². The number of rotatable bonds is 5. The lowest BCUT2D eigenvalue weighted by Gasteiger charge is -2.32. The van der Waals surface area contributed by atoms with Gasteiger partial charge in [-0.3, -0.25) is 4.79 Å². The van der Waals surface area contributed by atoms with Gasteiger partial charge in [-0.2, -0.15) is 0 Å². The Morgan fingerprint density at radius 1 is 1.52 bits per heavy atom. The first-order valence-corrected chi connectivity index (χ1v) is 9.86. The van der Waals surface area contributed by atoms with E-state index in [9.17, 15) is 4.79 Å². The molecular formula is C16H22N4OS2. The molecule has 0 aliphatic carbocycles. The Bertz CT molecular complexity index is 667. The average Bonchev–Trinajstić information content (AvgIpc) is 3.17. The number of aromatic nitrogens is 3. The fourth-order valence-electron chi connectivity index (χ4n) is 3.01. The summed E-state index contributed by atoms with van der Waals surface area (Å²) >= 11 is 3.36. The lowest BCUT2D eigenvalue weighted by atomic mass is 9.97. The maximum Gasteiger partial charge on any atom is 0.228 e. The zero-order valence-corrected chi connectivity index (χ0v) is 15.2. The molecule has 23 heavy (non-hydrogen) atoms. The van der Waals surface area contributed by atoms with Crippen LogP contribution in [0.15, 0.2) is 22.1 Å². The van der Waals surface area contributed by atoms with E-state index in [2.05, 4.69) is 21.5 Å². The van der Waals surface area contributed by atoms with Crippen molar-refractivity contribution >= 4 is 29.0 Å². The minimum Gasteiger partial charge on any atom is -0.342 e. The van der Waals surface area contributed by atoms with Gasteiger partial charge in [-0.25, -0.2) is 9.97 Å². The molecule has 0 spiro atoms. The van der Waals surface area contributed by atoms with Crippen molar-refractivity contribution in [1.29, 1.82) is 0 Å². The van der Waals surface area contributed by atoms with Crippen molar-refractivity contribution in [3.63, 3.8) is 0 Å². The van der Waals surface area contributed by atoms with Gasteiger partial charge < -0.3 is 9.47 Å². The summed E-state index contributed by atoms with van der Waals surface area (Å²) < 4.78 is 3.12. The first-order chi connectivity index (χ1) is 11.2. The summed E-state index contributed by atoms with van der Waals surface area (Å²) in [4.78, 5) is 23.6. The highest BCUT2D eigenvalue weighted by Crippen LogP contribution is 2.26. The van der Waals surface area contributed by atoms with E-state index in [0.29, 0.717) is 12.3 Å². The summed E-state index contributed by atoms with van der Waals surface area (Å²) in [7, 11) is 2.02. The lowest BCUT2D eigenvalue weighted by Crippen LogP contribution is -2.40. The van der Waals surface area contributed by atoms with Gasteiger partial charge in [-0.15, -0.1) is 11.3 Å². The summed E-state index contributed by atoms with van der Waals surface area (Å²) in [6.07, 6.45) is 6.35. The Kier molecular flexibility index (Phi) is 5.38. The molecule has 0 saturated carbocycles. The monoisotopic (exact) mass is 350 g/mol. The number of nitrogens with zero attached hydrogens (tertiary/aromatic N) is 4. The Morgan fingerprint density at radius 3 is 3.13 bits per heavy atom. The molecule has 1 amide bonds. The second-order valence-corrected chi connectivity index (χ2v) is 8.16. The zero-order chi connectivity index (χ0) is 16.2. The maximum absolute atomic E-state index is 12.6. The molecule has 0 aromatic carbocycles. The largest absolute Gasteiger partial charge is 0.342 e. The first kappa shape index (κ1) is 16.5. The Hall–Kier alpha value is -1.34. The van der Waals surface area contributed by atoms with Crippen molar-refractivity contribution in [2.75, 3.05) is 18.8 Å². The summed E-state index contributed by atoms with van der Waals surface area (Å²) in [5, 5.41) is 2.01. The molecule has 7 heteroatoms. The quantitative estimate of drug-likeness (QED) is 0.778. The molecule has 0 bridgehead atoms. The highest BCUT2D eigenvalue weighted by atomic mass is 32.2. The molecule has 1 atom stereocenters. The van der Waals surface area contributed by atoms with Crippen LogP contribution in [0.4, 0.5) is 0 Å². The van der Waals surface area contributed by atoms with Crippen molar-refractivity contribution in [2.24, 2.45) is 7.05 Å². The van der Waals surface area contributed by atoms with E-state index in [1.54, 1.807) is 23.1 Å². The number of aryl methyl sites for hydroxylation is 1. The molecule has 1 unspecified atom stereocenters. The molecule has 0 N–H and O–H groups in total. The number of thioether (sulfide) groups is 1. The van der Waals surface area contributed by atoms with Crippen LogP contribution in [-0.2, 0) is 18.3 Å². The van der Waals surface area contributed by atoms with Crippen LogP contribution in [-0.4, -0.2) is 44.2 Å². The summed E-state index contributed by atoms with van der Waals surface area (Å²) in [5.41, 5.74) is 0.898. The number of hydrogen-bond acceptors (Lipinski definition) is 5. The van der Waals surface area contributed by atoms with Crippen molar-refractivity contribution in [1.82, 2.24) is 19.4 Å². The molecule has 3 heterocycles. The lowest BCUT2D eigenvalue weighted by molar-refractivity contribution is -0.131. The Labute approximate surface area is 145 Å². The molecule has 2 aromatic heterocycles. The van der Waals surface area contributed by atoms with E-state index < -0.39 is 0 Å². The zero-order valence-electron chi connectivity index (χ0n) is 13.6. The molecule has 1 aliphatic rings. The highest BCUT2D eigenvalue weighted by Gasteiger charge is 2.27. The molecular weight excluding hydrogens is 328 g/mol. The molecule has 0 radical (unpaired) electrons. The van der Waals surface area contributed by atoms with Crippen molar-refractivity contribution in [3.8, 4) is 0 Å². The third-order valence-corrected chi connectivity index (χ3v) is 6.08. The summed E-state index contributed by atoms with van der Waals surface area (Å²) in [5.74, 6) is 2.62. The third kappa shape index (κ3) is 3.95. The van der Waals surface area contributed by atoms with E-state index in [1.165, 1.54) is 0 Å². The van der Waals surface area contributed by atoms with Crippen molar-refractivity contribution in [3.05, 3.63) is 29.3 Å². The second-order valence-electron chi connectivity index (χ2n) is 5.79. The number of carbonyl (C=O) groups excluding carboxylic acids is 1. The number of likely N-dealkylation sites (tertiary alicyclic amines) is 1. The fraction of sp³-hybridized carbons (Fsp3) is 0.562. The molecule has 2 aromatic rings. The number of imidazole rings is 1. The molecule has 1 aliphatic heterocycles. The van der Waals surface area contributed by atoms with Gasteiger partial charge in [0.15, 0.2) is 0 Å². The number of amides is 1. The van der Waals surface area contributed by atoms with Gasteiger partial charge in [-0.1, -0.05) is 18.7 Å². The van der Waals surface area contributed by atoms with Crippen LogP contribution in [0.2, 0.25) is 0 Å². The number of carbonyl (C=O) groups is 1. The van der Waals surface area contributed by atoms with Gasteiger partial charge in [0.05, 0.1) is 12.1 Å². The molecule has 1 saturated heterocycles. The highest BCUT2D eigenvalue weighted by molar-refractivity contribution is 8.00. The molecule has 5 nitrogen and oxygen atoms in total. The summed E-state index contributed by atoms with van der Waals surface area (Å²) in [6.45, 7) is 3.73. The van der Waals surface area contributed by atoms with Crippen LogP contribution < -0.4 is 0 Å². The van der Waals surface area contributed by atoms with Crippen LogP contribution in [0.5, 0.6) is 0 Å². The number of hydrogen-bond donors (Lipinski definition) is 0. The van der Waals surface area contributed by atoms with Crippen LogP contribution in [0, 0.1) is 0 Å². The minimum absolute atomic E-state index is 0.183. The third-order valence-electron chi connectivity index (χ3n) is 4.13. The number of thiazole rings is 1. The fourth-order valence-corrected chi connectivity index (χ4v) is 4.75. The van der Waals surface area contributed by atoms with Gasteiger partial charge in [0.2, 0.25) is 5.91 Å². The van der Waals surface area contributed by atoms with Crippen LogP contribution in [0.25, 0.3) is 0 Å². The van der Waals surface area contributed by atoms with Crippen LogP contribution in [0.3, 0.4) is 0 Å². The van der Waals surface area contributed by atoms with Crippen LogP contribution in [0.1, 0.15) is 37.2 Å². The minimum atomic E-state index is 0.183. The standard InChI is InChI=1S/C16H22N4OS2/c1-3-22-16-18-13(11-23-16)9-14(21)20-7-4-5-12(10-20)15-17-6-8-19(15)2/h6,8,11-12H,3-5,7,9-10H2,1-2H3. The Balaban J connectivity index is 1.61. The van der Waals surface area contributed by atoms with Gasteiger partial charge in [0, 0.05) is 43.8 Å². The smallest absolute Gasteiger partial charge is 0.228 e. The van der Waals surface area contributed by atoms with Crippen molar-refractivity contribution in [2.45, 2.75) is 36.4 Å². The van der Waals surface area contributed by atoms with E-state index >= 15 is 0 Å². The van der Waals surface area contributed by atoms with Gasteiger partial charge >= 0.3 is 0 Å². The SMILES string of the molecule is CCSc1nc(CC(=O)N2CCCC(c3nccn3C)C2)cs1. The Morgan fingerprint density at radius 2 is 2.39 bits per heavy atom. The molecule has 3 rings (SSSR count). The normalized spacial score (nSPS) is 18.3. The van der Waals surface area contributed by atoms with Gasteiger partial charge in [0.25, 0.3) is 0 Å². The predicted octanol–water partition coefficient (Wildman–Crippen LogP) is 2.94. The predicted molar refractivity (Wildman–Crippen MR) is 94.0 cm³/mol. The van der Waals surface area contributed by atoms with E-state index in [0.717, 1.165) is 47.5 Å².